The highest BCUT2D eigenvalue weighted by molar-refractivity contribution is 7.89. The van der Waals surface area contributed by atoms with Crippen molar-refractivity contribution in [2.24, 2.45) is 5.73 Å². The molecule has 1 aliphatic rings. The summed E-state index contributed by atoms with van der Waals surface area (Å²) in [7, 11) is -1.50. The molecule has 1 aliphatic heterocycles. The van der Waals surface area contributed by atoms with Gasteiger partial charge in [-0.25, -0.2) is 8.42 Å². The maximum atomic E-state index is 12.5. The Kier molecular flexibility index (Phi) is 3.71. The van der Waals surface area contributed by atoms with Crippen LogP contribution in [0.4, 0.5) is 0 Å². The number of piperazine rings is 1. The summed E-state index contributed by atoms with van der Waals surface area (Å²) in [6.45, 7) is 4.32. The van der Waals surface area contributed by atoms with Crippen LogP contribution in [0.25, 0.3) is 0 Å². The Balaban J connectivity index is 2.33. The summed E-state index contributed by atoms with van der Waals surface area (Å²) in [5.74, 6) is 0. The molecule has 0 radical (unpaired) electrons. The average molecular weight is 273 g/mol. The van der Waals surface area contributed by atoms with E-state index >= 15 is 0 Å². The fraction of sp³-hybridized carbons (Fsp3) is 0.700. The number of aryl methyl sites for hydroxylation is 1. The van der Waals surface area contributed by atoms with E-state index in [1.54, 1.807) is 6.92 Å². The number of aromatic amines is 1. The predicted octanol–water partition coefficient (Wildman–Crippen LogP) is -0.887. The Morgan fingerprint density at radius 2 is 1.94 bits per heavy atom. The lowest BCUT2D eigenvalue weighted by Crippen LogP contribution is -2.47. The van der Waals surface area contributed by atoms with Gasteiger partial charge in [0.05, 0.1) is 11.4 Å². The predicted molar refractivity (Wildman–Crippen MR) is 67.5 cm³/mol. The summed E-state index contributed by atoms with van der Waals surface area (Å²) in [6.07, 6.45) is 0. The van der Waals surface area contributed by atoms with Crippen LogP contribution in [0, 0.1) is 6.92 Å². The molecule has 7 nitrogen and oxygen atoms in total. The molecule has 1 aromatic rings. The molecule has 18 heavy (non-hydrogen) atoms. The molecule has 1 saturated heterocycles. The second-order valence-electron chi connectivity index (χ2n) is 4.54. The Morgan fingerprint density at radius 1 is 1.33 bits per heavy atom. The number of hydrogen-bond donors (Lipinski definition) is 2. The van der Waals surface area contributed by atoms with E-state index in [9.17, 15) is 8.42 Å². The van der Waals surface area contributed by atoms with Gasteiger partial charge >= 0.3 is 0 Å². The quantitative estimate of drug-likeness (QED) is 0.745. The Morgan fingerprint density at radius 3 is 2.50 bits per heavy atom. The molecule has 0 unspecified atom stereocenters. The Bertz CT molecular complexity index is 516. The van der Waals surface area contributed by atoms with E-state index in [1.807, 2.05) is 7.05 Å². The smallest absolute Gasteiger partial charge is 0.246 e. The summed E-state index contributed by atoms with van der Waals surface area (Å²) >= 11 is 0. The van der Waals surface area contributed by atoms with Gasteiger partial charge in [-0.2, -0.15) is 9.40 Å². The van der Waals surface area contributed by atoms with E-state index in [4.69, 9.17) is 5.73 Å². The second kappa shape index (κ2) is 4.96. The van der Waals surface area contributed by atoms with Crippen molar-refractivity contribution in [1.82, 2.24) is 19.4 Å². The van der Waals surface area contributed by atoms with Gasteiger partial charge in [0.25, 0.3) is 0 Å². The second-order valence-corrected chi connectivity index (χ2v) is 6.41. The molecule has 0 atom stereocenters. The van der Waals surface area contributed by atoms with Crippen molar-refractivity contribution in [3.63, 3.8) is 0 Å². The van der Waals surface area contributed by atoms with Crippen LogP contribution in [0.2, 0.25) is 0 Å². The number of H-pyrrole nitrogens is 1. The maximum Gasteiger partial charge on any atom is 0.246 e. The topological polar surface area (TPSA) is 95.3 Å². The highest BCUT2D eigenvalue weighted by Gasteiger charge is 2.32. The van der Waals surface area contributed by atoms with Gasteiger partial charge in [-0.15, -0.1) is 0 Å². The zero-order valence-electron chi connectivity index (χ0n) is 10.7. The minimum Gasteiger partial charge on any atom is -0.325 e. The summed E-state index contributed by atoms with van der Waals surface area (Å²) in [6, 6.07) is 0. The van der Waals surface area contributed by atoms with Gasteiger partial charge in [0.2, 0.25) is 10.0 Å². The van der Waals surface area contributed by atoms with E-state index in [-0.39, 0.29) is 11.4 Å². The molecule has 1 aromatic heterocycles. The molecule has 0 saturated carbocycles. The van der Waals surface area contributed by atoms with Gasteiger partial charge in [0.15, 0.2) is 0 Å². The summed E-state index contributed by atoms with van der Waals surface area (Å²) in [5.41, 5.74) is 6.50. The van der Waals surface area contributed by atoms with E-state index < -0.39 is 10.0 Å². The highest BCUT2D eigenvalue weighted by atomic mass is 32.2. The fourth-order valence-electron chi connectivity index (χ4n) is 2.11. The number of likely N-dealkylation sites (N-methyl/N-ethyl adjacent to an activating group) is 1. The molecular weight excluding hydrogens is 254 g/mol. The SMILES string of the molecule is Cc1[nH]nc(CN)c1S(=O)(=O)N1CCN(C)CC1. The minimum absolute atomic E-state index is 0.118. The van der Waals surface area contributed by atoms with Crippen LogP contribution in [0.1, 0.15) is 11.4 Å². The molecule has 102 valence electrons. The van der Waals surface area contributed by atoms with Gasteiger partial charge in [-0.1, -0.05) is 0 Å². The van der Waals surface area contributed by atoms with E-state index in [2.05, 4.69) is 15.1 Å². The molecular formula is C10H19N5O2S. The highest BCUT2D eigenvalue weighted by Crippen LogP contribution is 2.22. The number of rotatable bonds is 3. The van der Waals surface area contributed by atoms with Crippen molar-refractivity contribution in [2.75, 3.05) is 33.2 Å². The molecule has 3 N–H and O–H groups in total. The van der Waals surface area contributed by atoms with Gasteiger partial charge in [-0.05, 0) is 14.0 Å². The maximum absolute atomic E-state index is 12.5. The standard InChI is InChI=1S/C10H19N5O2S/c1-8-10(9(7-11)13-12-8)18(16,17)15-5-3-14(2)4-6-15/h3-7,11H2,1-2H3,(H,12,13). The van der Waals surface area contributed by atoms with Crippen molar-refractivity contribution in [1.29, 1.82) is 0 Å². The van der Waals surface area contributed by atoms with Crippen LogP contribution in [-0.2, 0) is 16.6 Å². The normalized spacial score (nSPS) is 19.3. The Labute approximate surface area is 107 Å². The van der Waals surface area contributed by atoms with Gasteiger partial charge in [0.1, 0.15) is 4.90 Å². The third-order valence-electron chi connectivity index (χ3n) is 3.21. The number of hydrogen-bond acceptors (Lipinski definition) is 5. The minimum atomic E-state index is -3.48. The number of nitrogens with two attached hydrogens (primary N) is 1. The van der Waals surface area contributed by atoms with Gasteiger partial charge < -0.3 is 10.6 Å². The zero-order valence-corrected chi connectivity index (χ0v) is 11.5. The molecule has 8 heteroatoms. The molecule has 0 amide bonds. The first-order valence-electron chi connectivity index (χ1n) is 5.89. The molecule has 1 fully saturated rings. The summed E-state index contributed by atoms with van der Waals surface area (Å²) < 4.78 is 26.6. The van der Waals surface area contributed by atoms with Crippen LogP contribution < -0.4 is 5.73 Å². The lowest BCUT2D eigenvalue weighted by molar-refractivity contribution is 0.222. The van der Waals surface area contributed by atoms with Crippen LogP contribution in [0.15, 0.2) is 4.90 Å². The van der Waals surface area contributed by atoms with Crippen molar-refractivity contribution in [3.05, 3.63) is 11.4 Å². The Hall–Kier alpha value is -0.960. The van der Waals surface area contributed by atoms with Crippen molar-refractivity contribution >= 4 is 10.0 Å². The average Bonchev–Trinajstić information content (AvgIpc) is 2.71. The molecule has 0 aliphatic carbocycles. The number of aromatic nitrogens is 2. The van der Waals surface area contributed by atoms with Gasteiger partial charge in [-0.3, -0.25) is 5.10 Å². The van der Waals surface area contributed by atoms with Crippen LogP contribution >= 0.6 is 0 Å². The molecule has 0 bridgehead atoms. The lowest BCUT2D eigenvalue weighted by Gasteiger charge is -2.31. The van der Waals surface area contributed by atoms with Crippen molar-refractivity contribution in [3.8, 4) is 0 Å². The molecule has 2 rings (SSSR count). The van der Waals surface area contributed by atoms with Crippen LogP contribution in [-0.4, -0.2) is 61.0 Å². The first kappa shape index (κ1) is 13.5. The fourth-order valence-corrected chi connectivity index (χ4v) is 3.87. The molecule has 0 spiro atoms. The first-order valence-corrected chi connectivity index (χ1v) is 7.33. The molecule has 2 heterocycles. The zero-order chi connectivity index (χ0) is 13.3. The van der Waals surface area contributed by atoms with E-state index in [0.29, 0.717) is 24.5 Å². The molecule has 0 aromatic carbocycles. The summed E-state index contributed by atoms with van der Waals surface area (Å²) in [4.78, 5) is 2.35. The van der Waals surface area contributed by atoms with Crippen molar-refractivity contribution in [2.45, 2.75) is 18.4 Å². The summed E-state index contributed by atoms with van der Waals surface area (Å²) in [5, 5.41) is 6.64. The van der Waals surface area contributed by atoms with E-state index in [0.717, 1.165) is 13.1 Å². The number of sulfonamides is 1. The van der Waals surface area contributed by atoms with E-state index in [1.165, 1.54) is 4.31 Å². The van der Waals surface area contributed by atoms with Gasteiger partial charge in [0, 0.05) is 32.7 Å². The van der Waals surface area contributed by atoms with Crippen LogP contribution in [0.3, 0.4) is 0 Å². The monoisotopic (exact) mass is 273 g/mol. The third kappa shape index (κ3) is 2.28. The van der Waals surface area contributed by atoms with Crippen LogP contribution in [0.5, 0.6) is 0 Å². The first-order chi connectivity index (χ1) is 8.46. The number of nitrogens with one attached hydrogen (secondary N) is 1. The lowest BCUT2D eigenvalue weighted by atomic mass is 10.4. The largest absolute Gasteiger partial charge is 0.325 e. The number of nitrogens with zero attached hydrogens (tertiary/aromatic N) is 3. The third-order valence-corrected chi connectivity index (χ3v) is 5.32. The van der Waals surface area contributed by atoms with Crippen molar-refractivity contribution < 1.29 is 8.42 Å².